The second kappa shape index (κ2) is 11.5. The molecular weight excluding hydrogens is 558 g/mol. The van der Waals surface area contributed by atoms with Crippen molar-refractivity contribution in [1.82, 2.24) is 25.1 Å². The Morgan fingerprint density at radius 1 is 0.952 bits per heavy atom. The van der Waals surface area contributed by atoms with E-state index in [0.29, 0.717) is 5.69 Å². The highest BCUT2D eigenvalue weighted by atomic mass is 19.4. The number of amides is 3. The van der Waals surface area contributed by atoms with Gasteiger partial charge in [-0.25, -0.2) is 14.2 Å². The smallest absolute Gasteiger partial charge is 0.416 e. The first-order chi connectivity index (χ1) is 19.6. The number of pyridine rings is 2. The SMILES string of the molecule is CNC(=O)c1cc(Oc2ccc(NC(=O)Nc3cc(C(C)(C)C)nn3-c3cc(C(F)(F)F)cc(C)n3)c(F)c2)ccn1. The molecule has 0 spiro atoms. The fraction of sp³-hybridized carbons (Fsp3) is 0.250. The van der Waals surface area contributed by atoms with E-state index in [1.54, 1.807) is 0 Å². The quantitative estimate of drug-likeness (QED) is 0.231. The predicted molar refractivity (Wildman–Crippen MR) is 147 cm³/mol. The van der Waals surface area contributed by atoms with Gasteiger partial charge in [-0.2, -0.15) is 23.0 Å². The van der Waals surface area contributed by atoms with Gasteiger partial charge >= 0.3 is 12.2 Å². The molecule has 4 aromatic rings. The van der Waals surface area contributed by atoms with Gasteiger partial charge < -0.3 is 15.4 Å². The van der Waals surface area contributed by atoms with Gasteiger partial charge in [-0.05, 0) is 37.3 Å². The van der Waals surface area contributed by atoms with Gasteiger partial charge in [-0.1, -0.05) is 20.8 Å². The van der Waals surface area contributed by atoms with Gasteiger partial charge in [0.05, 0.1) is 16.9 Å². The molecule has 14 heteroatoms. The van der Waals surface area contributed by atoms with Crippen LogP contribution in [0, 0.1) is 12.7 Å². The van der Waals surface area contributed by atoms with E-state index in [-0.39, 0.29) is 40.2 Å². The third-order valence-electron chi connectivity index (χ3n) is 5.82. The molecule has 42 heavy (non-hydrogen) atoms. The summed E-state index contributed by atoms with van der Waals surface area (Å²) < 4.78 is 62.0. The highest BCUT2D eigenvalue weighted by Gasteiger charge is 2.32. The fourth-order valence-electron chi connectivity index (χ4n) is 3.73. The molecule has 0 aliphatic rings. The molecule has 0 saturated carbocycles. The average Bonchev–Trinajstić information content (AvgIpc) is 3.33. The maximum absolute atomic E-state index is 14.9. The first-order valence-corrected chi connectivity index (χ1v) is 12.5. The van der Waals surface area contributed by atoms with Crippen LogP contribution in [0.5, 0.6) is 11.5 Å². The van der Waals surface area contributed by atoms with Crippen LogP contribution in [0.25, 0.3) is 5.82 Å². The van der Waals surface area contributed by atoms with E-state index < -0.39 is 34.9 Å². The number of hydrogen-bond donors (Lipinski definition) is 3. The summed E-state index contributed by atoms with van der Waals surface area (Å²) in [7, 11) is 1.45. The minimum absolute atomic E-state index is 0.0219. The Morgan fingerprint density at radius 3 is 2.31 bits per heavy atom. The summed E-state index contributed by atoms with van der Waals surface area (Å²) in [5.74, 6) is -1.06. The lowest BCUT2D eigenvalue weighted by Gasteiger charge is -2.14. The second-order valence-corrected chi connectivity index (χ2v) is 10.2. The molecule has 0 radical (unpaired) electrons. The van der Waals surface area contributed by atoms with Gasteiger partial charge in [0, 0.05) is 42.6 Å². The van der Waals surface area contributed by atoms with Crippen molar-refractivity contribution in [3.8, 4) is 17.3 Å². The molecule has 0 aliphatic heterocycles. The van der Waals surface area contributed by atoms with Crippen LogP contribution in [0.4, 0.5) is 33.9 Å². The summed E-state index contributed by atoms with van der Waals surface area (Å²) in [5, 5.41) is 11.7. The number of aromatic nitrogens is 4. The minimum atomic E-state index is -4.62. The maximum Gasteiger partial charge on any atom is 0.416 e. The van der Waals surface area contributed by atoms with Gasteiger partial charge in [0.25, 0.3) is 5.91 Å². The van der Waals surface area contributed by atoms with Crippen molar-refractivity contribution in [3.63, 3.8) is 0 Å². The Labute approximate surface area is 238 Å². The number of nitrogens with one attached hydrogen (secondary N) is 3. The highest BCUT2D eigenvalue weighted by Crippen LogP contribution is 2.32. The summed E-state index contributed by atoms with van der Waals surface area (Å²) in [6.07, 6.45) is -3.26. The summed E-state index contributed by atoms with van der Waals surface area (Å²) in [4.78, 5) is 32.8. The molecule has 0 fully saturated rings. The number of nitrogens with zero attached hydrogens (tertiary/aromatic N) is 4. The zero-order valence-corrected chi connectivity index (χ0v) is 23.2. The Morgan fingerprint density at radius 2 is 1.67 bits per heavy atom. The molecule has 0 unspecified atom stereocenters. The van der Waals surface area contributed by atoms with E-state index in [9.17, 15) is 27.2 Å². The number of benzene rings is 1. The molecule has 3 amide bonds. The summed E-state index contributed by atoms with van der Waals surface area (Å²) in [6, 6.07) is 8.93. The first-order valence-electron chi connectivity index (χ1n) is 12.5. The van der Waals surface area contributed by atoms with Crippen LogP contribution in [0.3, 0.4) is 0 Å². The van der Waals surface area contributed by atoms with E-state index in [4.69, 9.17) is 4.74 Å². The predicted octanol–water partition coefficient (Wildman–Crippen LogP) is 6.22. The topological polar surface area (TPSA) is 123 Å². The average molecular weight is 586 g/mol. The molecule has 0 bridgehead atoms. The fourth-order valence-corrected chi connectivity index (χ4v) is 3.73. The minimum Gasteiger partial charge on any atom is -0.457 e. The van der Waals surface area contributed by atoms with Gasteiger partial charge in [-0.3, -0.25) is 15.1 Å². The number of aryl methyl sites for hydroxylation is 1. The molecule has 0 saturated heterocycles. The van der Waals surface area contributed by atoms with Crippen molar-refractivity contribution < 1.29 is 31.9 Å². The summed E-state index contributed by atoms with van der Waals surface area (Å²) >= 11 is 0. The lowest BCUT2D eigenvalue weighted by molar-refractivity contribution is -0.137. The maximum atomic E-state index is 14.9. The Kier molecular flexibility index (Phi) is 8.18. The lowest BCUT2D eigenvalue weighted by atomic mass is 9.92. The molecular formula is C28H27F4N7O3. The van der Waals surface area contributed by atoms with Crippen molar-refractivity contribution in [3.05, 3.63) is 83.2 Å². The van der Waals surface area contributed by atoms with Gasteiger partial charge in [0.2, 0.25) is 0 Å². The summed E-state index contributed by atoms with van der Waals surface area (Å²) in [6.45, 7) is 6.95. The Bertz CT molecular complexity index is 1650. The normalized spacial score (nSPS) is 11.6. The van der Waals surface area contributed by atoms with Crippen LogP contribution < -0.4 is 20.7 Å². The van der Waals surface area contributed by atoms with E-state index in [1.165, 1.54) is 50.5 Å². The van der Waals surface area contributed by atoms with Gasteiger partial charge in [0.15, 0.2) is 5.82 Å². The highest BCUT2D eigenvalue weighted by molar-refractivity contribution is 5.99. The van der Waals surface area contributed by atoms with Crippen LogP contribution in [0.1, 0.15) is 48.2 Å². The first kappa shape index (κ1) is 30.0. The molecule has 10 nitrogen and oxygen atoms in total. The van der Waals surface area contributed by atoms with Crippen molar-refractivity contribution in [2.45, 2.75) is 39.3 Å². The largest absolute Gasteiger partial charge is 0.457 e. The van der Waals surface area contributed by atoms with E-state index >= 15 is 0 Å². The molecule has 3 N–H and O–H groups in total. The molecule has 0 atom stereocenters. The van der Waals surface area contributed by atoms with Crippen molar-refractivity contribution in [2.75, 3.05) is 17.7 Å². The number of carbonyl (C=O) groups is 2. The molecule has 4 rings (SSSR count). The van der Waals surface area contributed by atoms with Gasteiger partial charge in [-0.15, -0.1) is 0 Å². The Hall–Kier alpha value is -5.01. The Balaban J connectivity index is 1.56. The van der Waals surface area contributed by atoms with Crippen molar-refractivity contribution in [2.24, 2.45) is 0 Å². The van der Waals surface area contributed by atoms with Crippen LogP contribution in [0.2, 0.25) is 0 Å². The number of urea groups is 1. The number of anilines is 2. The molecule has 1 aromatic carbocycles. The monoisotopic (exact) mass is 585 g/mol. The van der Waals surface area contributed by atoms with Crippen molar-refractivity contribution in [1.29, 1.82) is 0 Å². The lowest BCUT2D eigenvalue weighted by Crippen LogP contribution is -2.22. The summed E-state index contributed by atoms with van der Waals surface area (Å²) in [5.41, 5.74) is -0.964. The van der Waals surface area contributed by atoms with Crippen LogP contribution >= 0.6 is 0 Å². The van der Waals surface area contributed by atoms with E-state index in [2.05, 4.69) is 31.0 Å². The second-order valence-electron chi connectivity index (χ2n) is 10.2. The molecule has 3 aromatic heterocycles. The molecule has 3 heterocycles. The number of alkyl halides is 3. The number of halogens is 4. The standard InChI is InChI=1S/C28H27F4N7O3/c1-15-10-16(28(30,31)32)11-23(35-15)39-24(14-22(38-39)27(2,3)4)37-26(41)36-20-7-6-17(12-19(20)29)42-18-8-9-34-21(13-18)25(40)33-5/h6-14H,1-5H3,(H,33,40)(H2,36,37,41). The van der Waals surface area contributed by atoms with Crippen molar-refractivity contribution >= 4 is 23.4 Å². The van der Waals surface area contributed by atoms with E-state index in [0.717, 1.165) is 22.9 Å². The third-order valence-corrected chi connectivity index (χ3v) is 5.82. The molecule has 220 valence electrons. The van der Waals surface area contributed by atoms with E-state index in [1.807, 2.05) is 20.8 Å². The number of ether oxygens (including phenoxy) is 1. The zero-order valence-electron chi connectivity index (χ0n) is 23.2. The van der Waals surface area contributed by atoms with Crippen LogP contribution in [-0.4, -0.2) is 38.7 Å². The van der Waals surface area contributed by atoms with Crippen LogP contribution in [0.15, 0.2) is 54.7 Å². The number of rotatable bonds is 6. The van der Waals surface area contributed by atoms with Gasteiger partial charge in [0.1, 0.15) is 28.8 Å². The third kappa shape index (κ3) is 7.00. The number of hydrogen-bond acceptors (Lipinski definition) is 6. The molecule has 0 aliphatic carbocycles. The zero-order chi connectivity index (χ0) is 30.8. The van der Waals surface area contributed by atoms with Crippen LogP contribution in [-0.2, 0) is 11.6 Å². The number of carbonyl (C=O) groups excluding carboxylic acids is 2.